The summed E-state index contributed by atoms with van der Waals surface area (Å²) in [6, 6.07) is 15.4. The summed E-state index contributed by atoms with van der Waals surface area (Å²) < 4.78 is 7.42. The first-order valence-corrected chi connectivity index (χ1v) is 12.3. The van der Waals surface area contributed by atoms with Gasteiger partial charge in [-0.15, -0.1) is 0 Å². The molecule has 1 saturated heterocycles. The van der Waals surface area contributed by atoms with Crippen molar-refractivity contribution in [2.45, 2.75) is 6.42 Å². The molecule has 182 valence electrons. The molecule has 1 heterocycles. The number of hydrogen-bond donors (Lipinski definition) is 1. The van der Waals surface area contributed by atoms with Crippen LogP contribution < -0.4 is 15.0 Å². The van der Waals surface area contributed by atoms with Crippen LogP contribution in [-0.4, -0.2) is 29.9 Å². The number of hydrogen-bond acceptors (Lipinski definition) is 6. The summed E-state index contributed by atoms with van der Waals surface area (Å²) in [4.78, 5) is 49.4. The van der Waals surface area contributed by atoms with Crippen LogP contribution in [-0.2, 0) is 16.0 Å². The lowest BCUT2D eigenvalue weighted by Gasteiger charge is -2.26. The molecule has 0 bridgehead atoms. The lowest BCUT2D eigenvalue weighted by Crippen LogP contribution is -2.54. The van der Waals surface area contributed by atoms with Gasteiger partial charge in [0.2, 0.25) is 0 Å². The fraction of sp³-hybridized carbons (Fsp3) is 0.0800. The average molecular weight is 662 g/mol. The number of imide groups is 2. The summed E-state index contributed by atoms with van der Waals surface area (Å²) in [6.07, 6.45) is 1.95. The lowest BCUT2D eigenvalue weighted by atomic mass is 10.0. The van der Waals surface area contributed by atoms with Crippen LogP contribution in [0.2, 0.25) is 0 Å². The molecule has 36 heavy (non-hydrogen) atoms. The maximum absolute atomic E-state index is 13.2. The second-order valence-corrected chi connectivity index (χ2v) is 9.70. The number of nitrogens with one attached hydrogen (secondary N) is 1. The Morgan fingerprint density at radius 2 is 1.86 bits per heavy atom. The number of non-ortho nitro benzene ring substituents is 1. The SMILES string of the molecule is COc1cc(/C=C2\C(=O)NC(=O)N(c3cccc([N+](=O)[O-])c3)C2=O)cc(I)c1Cc1ccccc1Br. The highest BCUT2D eigenvalue weighted by molar-refractivity contribution is 14.1. The van der Waals surface area contributed by atoms with E-state index in [1.807, 2.05) is 24.3 Å². The van der Waals surface area contributed by atoms with Crippen molar-refractivity contribution in [1.82, 2.24) is 5.32 Å². The van der Waals surface area contributed by atoms with E-state index in [-0.39, 0.29) is 16.9 Å². The fourth-order valence-electron chi connectivity index (χ4n) is 3.70. The Bertz CT molecular complexity index is 1460. The van der Waals surface area contributed by atoms with Crippen LogP contribution in [0.25, 0.3) is 6.08 Å². The molecular formula is C25H17BrIN3O6. The number of carbonyl (C=O) groups is 3. The van der Waals surface area contributed by atoms with Gasteiger partial charge in [-0.3, -0.25) is 25.0 Å². The van der Waals surface area contributed by atoms with E-state index in [4.69, 9.17) is 4.74 Å². The van der Waals surface area contributed by atoms with Crippen LogP contribution >= 0.6 is 38.5 Å². The first kappa shape index (κ1) is 25.5. The Morgan fingerprint density at radius 3 is 2.56 bits per heavy atom. The molecule has 0 spiro atoms. The van der Waals surface area contributed by atoms with E-state index in [0.29, 0.717) is 22.6 Å². The summed E-state index contributed by atoms with van der Waals surface area (Å²) in [6.45, 7) is 0. The van der Waals surface area contributed by atoms with Crippen LogP contribution in [0.4, 0.5) is 16.2 Å². The van der Waals surface area contributed by atoms with Crippen molar-refractivity contribution in [3.8, 4) is 5.75 Å². The minimum atomic E-state index is -0.987. The van der Waals surface area contributed by atoms with Crippen molar-refractivity contribution in [2.24, 2.45) is 0 Å². The predicted octanol–water partition coefficient (Wildman–Crippen LogP) is 5.23. The van der Waals surface area contributed by atoms with Gasteiger partial charge in [0.15, 0.2) is 0 Å². The third-order valence-electron chi connectivity index (χ3n) is 5.43. The number of rotatable bonds is 6. The molecule has 3 aromatic rings. The van der Waals surface area contributed by atoms with Crippen LogP contribution in [0.15, 0.2) is 70.7 Å². The van der Waals surface area contributed by atoms with E-state index in [2.05, 4.69) is 43.8 Å². The molecule has 11 heteroatoms. The molecule has 1 aliphatic heterocycles. The van der Waals surface area contributed by atoms with E-state index < -0.39 is 22.8 Å². The summed E-state index contributed by atoms with van der Waals surface area (Å²) in [5.74, 6) is -1.19. The Kier molecular flexibility index (Phi) is 7.50. The van der Waals surface area contributed by atoms with Gasteiger partial charge >= 0.3 is 6.03 Å². The molecule has 0 atom stereocenters. The molecule has 0 aromatic heterocycles. The topological polar surface area (TPSA) is 119 Å². The van der Waals surface area contributed by atoms with Gasteiger partial charge in [-0.05, 0) is 64.1 Å². The zero-order valence-corrected chi connectivity index (χ0v) is 22.4. The van der Waals surface area contributed by atoms with Crippen LogP contribution in [0.1, 0.15) is 16.7 Å². The van der Waals surface area contributed by atoms with Crippen molar-refractivity contribution < 1.29 is 24.0 Å². The Labute approximate surface area is 227 Å². The molecule has 0 saturated carbocycles. The molecular weight excluding hydrogens is 645 g/mol. The largest absolute Gasteiger partial charge is 0.496 e. The van der Waals surface area contributed by atoms with E-state index in [0.717, 1.165) is 25.2 Å². The second kappa shape index (κ2) is 10.6. The van der Waals surface area contributed by atoms with E-state index in [9.17, 15) is 24.5 Å². The second-order valence-electron chi connectivity index (χ2n) is 7.69. The van der Waals surface area contributed by atoms with Gasteiger partial charge in [0.1, 0.15) is 11.3 Å². The van der Waals surface area contributed by atoms with Crippen molar-refractivity contribution in [2.75, 3.05) is 12.0 Å². The van der Waals surface area contributed by atoms with Crippen molar-refractivity contribution in [1.29, 1.82) is 0 Å². The summed E-state index contributed by atoms with van der Waals surface area (Å²) in [5, 5.41) is 13.3. The number of benzene rings is 3. The van der Waals surface area contributed by atoms with Crippen molar-refractivity contribution >= 4 is 73.8 Å². The zero-order chi connectivity index (χ0) is 26.0. The van der Waals surface area contributed by atoms with Gasteiger partial charge < -0.3 is 4.74 Å². The molecule has 9 nitrogen and oxygen atoms in total. The van der Waals surface area contributed by atoms with Crippen molar-refractivity contribution in [3.63, 3.8) is 0 Å². The fourth-order valence-corrected chi connectivity index (χ4v) is 4.95. The van der Waals surface area contributed by atoms with E-state index >= 15 is 0 Å². The lowest BCUT2D eigenvalue weighted by molar-refractivity contribution is -0.384. The van der Waals surface area contributed by atoms with Gasteiger partial charge in [-0.25, -0.2) is 9.69 Å². The Balaban J connectivity index is 1.72. The zero-order valence-electron chi connectivity index (χ0n) is 18.7. The maximum atomic E-state index is 13.2. The third-order valence-corrected chi connectivity index (χ3v) is 7.17. The molecule has 0 aliphatic carbocycles. The molecule has 4 rings (SSSR count). The number of barbiturate groups is 1. The molecule has 3 aromatic carbocycles. The monoisotopic (exact) mass is 661 g/mol. The van der Waals surface area contributed by atoms with Crippen molar-refractivity contribution in [3.05, 3.63) is 101 Å². The summed E-state index contributed by atoms with van der Waals surface area (Å²) in [7, 11) is 1.53. The first-order chi connectivity index (χ1) is 17.2. The molecule has 1 fully saturated rings. The Morgan fingerprint density at radius 1 is 1.11 bits per heavy atom. The number of methoxy groups -OCH3 is 1. The number of carbonyl (C=O) groups excluding carboxylic acids is 3. The normalized spacial score (nSPS) is 14.7. The van der Waals surface area contributed by atoms with Gasteiger partial charge in [0, 0.05) is 32.2 Å². The number of nitro groups is 1. The van der Waals surface area contributed by atoms with Gasteiger partial charge in [-0.1, -0.05) is 40.2 Å². The Hall–Kier alpha value is -3.58. The smallest absolute Gasteiger partial charge is 0.335 e. The summed E-state index contributed by atoms with van der Waals surface area (Å²) >= 11 is 5.72. The maximum Gasteiger partial charge on any atom is 0.335 e. The van der Waals surface area contributed by atoms with Crippen LogP contribution in [0.5, 0.6) is 5.75 Å². The molecule has 1 aliphatic rings. The number of ether oxygens (including phenoxy) is 1. The van der Waals surface area contributed by atoms with E-state index in [1.54, 1.807) is 12.1 Å². The number of amides is 4. The highest BCUT2D eigenvalue weighted by atomic mass is 127. The molecule has 0 unspecified atom stereocenters. The average Bonchev–Trinajstić information content (AvgIpc) is 2.84. The number of halogens is 2. The highest BCUT2D eigenvalue weighted by Gasteiger charge is 2.37. The predicted molar refractivity (Wildman–Crippen MR) is 145 cm³/mol. The van der Waals surface area contributed by atoms with Gasteiger partial charge in [-0.2, -0.15) is 0 Å². The summed E-state index contributed by atoms with van der Waals surface area (Å²) in [5.41, 5.74) is 1.89. The number of anilines is 1. The third kappa shape index (κ3) is 5.16. The first-order valence-electron chi connectivity index (χ1n) is 10.5. The van der Waals surface area contributed by atoms with E-state index in [1.165, 1.54) is 31.4 Å². The number of nitro benzene ring substituents is 1. The molecule has 1 N–H and O–H groups in total. The van der Waals surface area contributed by atoms with Crippen LogP contribution in [0, 0.1) is 13.7 Å². The van der Waals surface area contributed by atoms with Gasteiger partial charge in [0.05, 0.1) is 17.7 Å². The quantitative estimate of drug-likeness (QED) is 0.127. The molecule has 0 radical (unpaired) electrons. The minimum absolute atomic E-state index is 0.0268. The highest BCUT2D eigenvalue weighted by Crippen LogP contribution is 2.32. The molecule has 4 amide bonds. The standard InChI is InChI=1S/C25H17BrIN3O6/c1-36-22-11-14(10-21(27)18(22)12-15-5-2-3-8-20(15)26)9-19-23(31)28-25(33)29(24(19)32)16-6-4-7-17(13-16)30(34)35/h2-11,13H,12H2,1H3,(H,28,31,33)/b19-9+. The van der Waals surface area contributed by atoms with Gasteiger partial charge in [0.25, 0.3) is 17.5 Å². The minimum Gasteiger partial charge on any atom is -0.496 e. The van der Waals surface area contributed by atoms with Crippen LogP contribution in [0.3, 0.4) is 0 Å². The number of urea groups is 1. The number of nitrogens with zero attached hydrogens (tertiary/aromatic N) is 2.